The van der Waals surface area contributed by atoms with Crippen molar-refractivity contribution in [2.75, 3.05) is 12.3 Å². The van der Waals surface area contributed by atoms with Crippen LogP contribution >= 0.6 is 35.0 Å². The molecule has 184 valence electrons. The van der Waals surface area contributed by atoms with Gasteiger partial charge >= 0.3 is 0 Å². The van der Waals surface area contributed by atoms with E-state index >= 15 is 0 Å². The summed E-state index contributed by atoms with van der Waals surface area (Å²) in [5.74, 6) is 0.597. The van der Waals surface area contributed by atoms with Gasteiger partial charge < -0.3 is 10.2 Å². The molecule has 0 spiro atoms. The Labute approximate surface area is 214 Å². The van der Waals surface area contributed by atoms with Gasteiger partial charge in [-0.3, -0.25) is 19.7 Å². The number of carbonyl (C=O) groups is 2. The molecule has 34 heavy (non-hydrogen) atoms. The number of nitro groups is 1. The average Bonchev–Trinajstić information content (AvgIpc) is 2.80. The first-order valence-corrected chi connectivity index (χ1v) is 12.9. The highest BCUT2D eigenvalue weighted by molar-refractivity contribution is 7.99. The smallest absolute Gasteiger partial charge is 0.269 e. The summed E-state index contributed by atoms with van der Waals surface area (Å²) in [6.45, 7) is 6.64. The number of benzene rings is 2. The van der Waals surface area contributed by atoms with Crippen LogP contribution in [0.2, 0.25) is 10.0 Å². The second kappa shape index (κ2) is 13.6. The third-order valence-electron chi connectivity index (χ3n) is 5.05. The van der Waals surface area contributed by atoms with Crippen molar-refractivity contribution in [2.24, 2.45) is 5.92 Å². The van der Waals surface area contributed by atoms with Crippen molar-refractivity contribution < 1.29 is 14.5 Å². The third kappa shape index (κ3) is 8.49. The van der Waals surface area contributed by atoms with Crippen molar-refractivity contribution >= 4 is 52.5 Å². The van der Waals surface area contributed by atoms with E-state index in [1.165, 1.54) is 23.9 Å². The Kier molecular flexibility index (Phi) is 11.1. The minimum atomic E-state index is -0.624. The van der Waals surface area contributed by atoms with Gasteiger partial charge in [0, 0.05) is 31.0 Å². The van der Waals surface area contributed by atoms with Gasteiger partial charge in [0.15, 0.2) is 0 Å². The molecule has 0 aliphatic heterocycles. The van der Waals surface area contributed by atoms with E-state index in [1.54, 1.807) is 35.2 Å². The number of carbonyl (C=O) groups excluding carboxylic acids is 2. The fourth-order valence-electron chi connectivity index (χ4n) is 3.23. The highest BCUT2D eigenvalue weighted by Crippen LogP contribution is 2.25. The van der Waals surface area contributed by atoms with Crippen molar-refractivity contribution in [3.63, 3.8) is 0 Å². The van der Waals surface area contributed by atoms with E-state index in [1.807, 2.05) is 20.8 Å². The van der Waals surface area contributed by atoms with Gasteiger partial charge in [0.25, 0.3) is 5.69 Å². The lowest BCUT2D eigenvalue weighted by molar-refractivity contribution is -0.384. The minimum absolute atomic E-state index is 0.0239. The molecule has 1 N–H and O–H groups in total. The first-order chi connectivity index (χ1) is 16.1. The fraction of sp³-hybridized carbons (Fsp3) is 0.417. The maximum Gasteiger partial charge on any atom is 0.269 e. The van der Waals surface area contributed by atoms with Gasteiger partial charge in [-0.05, 0) is 35.6 Å². The number of non-ortho nitro benzene ring substituents is 1. The molecule has 0 saturated heterocycles. The van der Waals surface area contributed by atoms with Crippen LogP contribution in [0, 0.1) is 16.0 Å². The SMILES string of the molecule is CCC(C(=O)NCC(C)C)N(Cc1ccc(Cl)c(Cl)c1)C(=O)CSCc1ccc([N+](=O)[O-])cc1. The van der Waals surface area contributed by atoms with Gasteiger partial charge in [0.05, 0.1) is 20.7 Å². The highest BCUT2D eigenvalue weighted by atomic mass is 35.5. The number of thioether (sulfide) groups is 1. The van der Waals surface area contributed by atoms with Gasteiger partial charge in [-0.2, -0.15) is 0 Å². The lowest BCUT2D eigenvalue weighted by atomic mass is 10.1. The van der Waals surface area contributed by atoms with Gasteiger partial charge in [-0.1, -0.05) is 62.2 Å². The largest absolute Gasteiger partial charge is 0.354 e. The van der Waals surface area contributed by atoms with Crippen LogP contribution in [0.15, 0.2) is 42.5 Å². The van der Waals surface area contributed by atoms with E-state index in [0.29, 0.717) is 28.8 Å². The van der Waals surface area contributed by atoms with Crippen molar-refractivity contribution in [1.82, 2.24) is 10.2 Å². The molecule has 0 radical (unpaired) electrons. The molecule has 2 aromatic rings. The number of hydrogen-bond donors (Lipinski definition) is 1. The van der Waals surface area contributed by atoms with Crippen LogP contribution in [-0.4, -0.2) is 40.0 Å². The van der Waals surface area contributed by atoms with E-state index in [-0.39, 0.29) is 35.7 Å². The predicted octanol–water partition coefficient (Wildman–Crippen LogP) is 5.71. The van der Waals surface area contributed by atoms with E-state index < -0.39 is 11.0 Å². The maximum absolute atomic E-state index is 13.3. The third-order valence-corrected chi connectivity index (χ3v) is 6.78. The van der Waals surface area contributed by atoms with E-state index in [4.69, 9.17) is 23.2 Å². The van der Waals surface area contributed by atoms with Crippen LogP contribution in [0.1, 0.15) is 38.3 Å². The van der Waals surface area contributed by atoms with Gasteiger partial charge in [-0.25, -0.2) is 0 Å². The predicted molar refractivity (Wildman–Crippen MR) is 138 cm³/mol. The molecule has 0 saturated carbocycles. The van der Waals surface area contributed by atoms with Crippen molar-refractivity contribution in [1.29, 1.82) is 0 Å². The summed E-state index contributed by atoms with van der Waals surface area (Å²) in [6.07, 6.45) is 0.462. The molecule has 0 aliphatic carbocycles. The van der Waals surface area contributed by atoms with E-state index in [9.17, 15) is 19.7 Å². The van der Waals surface area contributed by atoms with Gasteiger partial charge in [0.1, 0.15) is 6.04 Å². The number of hydrogen-bond acceptors (Lipinski definition) is 5. The first kappa shape index (κ1) is 28.0. The number of amides is 2. The summed E-state index contributed by atoms with van der Waals surface area (Å²) in [4.78, 5) is 38.1. The number of nitrogens with one attached hydrogen (secondary N) is 1. The normalized spacial score (nSPS) is 11.8. The zero-order valence-corrected chi connectivity index (χ0v) is 21.8. The number of rotatable bonds is 12. The monoisotopic (exact) mass is 525 g/mol. The Hall–Kier alpha value is -2.29. The Balaban J connectivity index is 2.13. The molecular weight excluding hydrogens is 497 g/mol. The average molecular weight is 526 g/mol. The number of nitrogens with zero attached hydrogens (tertiary/aromatic N) is 2. The molecule has 2 aromatic carbocycles. The Bertz CT molecular complexity index is 1000. The van der Waals surface area contributed by atoms with Crippen molar-refractivity contribution in [2.45, 2.75) is 45.5 Å². The molecule has 2 rings (SSSR count). The zero-order chi connectivity index (χ0) is 25.3. The summed E-state index contributed by atoms with van der Waals surface area (Å²) >= 11 is 13.6. The second-order valence-electron chi connectivity index (χ2n) is 8.25. The van der Waals surface area contributed by atoms with Crippen LogP contribution in [-0.2, 0) is 21.9 Å². The summed E-state index contributed by atoms with van der Waals surface area (Å²) in [6, 6.07) is 10.8. The van der Waals surface area contributed by atoms with Gasteiger partial charge in [0.2, 0.25) is 11.8 Å². The fourth-order valence-corrected chi connectivity index (χ4v) is 4.42. The van der Waals surface area contributed by atoms with Crippen LogP contribution in [0.4, 0.5) is 5.69 Å². The number of nitro benzene ring substituents is 1. The van der Waals surface area contributed by atoms with Gasteiger partial charge in [-0.15, -0.1) is 11.8 Å². The Morgan fingerprint density at radius 1 is 1.09 bits per heavy atom. The highest BCUT2D eigenvalue weighted by Gasteiger charge is 2.28. The van der Waals surface area contributed by atoms with Crippen molar-refractivity contribution in [3.05, 3.63) is 73.8 Å². The van der Waals surface area contributed by atoms with Crippen LogP contribution in [0.25, 0.3) is 0 Å². The molecule has 0 heterocycles. The standard InChI is InChI=1S/C24H29Cl2N3O4S/c1-4-22(24(31)27-12-16(2)3)28(13-18-7-10-20(25)21(26)11-18)23(30)15-34-14-17-5-8-19(9-6-17)29(32)33/h5-11,16,22H,4,12-15H2,1-3H3,(H,27,31). The second-order valence-corrected chi connectivity index (χ2v) is 10.0. The molecule has 1 atom stereocenters. The van der Waals surface area contributed by atoms with Crippen LogP contribution < -0.4 is 5.32 Å². The first-order valence-electron chi connectivity index (χ1n) is 10.9. The molecule has 0 fully saturated rings. The summed E-state index contributed by atoms with van der Waals surface area (Å²) in [5.41, 5.74) is 1.68. The molecule has 0 aromatic heterocycles. The summed E-state index contributed by atoms with van der Waals surface area (Å²) < 4.78 is 0. The molecule has 10 heteroatoms. The Morgan fingerprint density at radius 2 is 1.74 bits per heavy atom. The molecule has 7 nitrogen and oxygen atoms in total. The molecule has 0 aliphatic rings. The quantitative estimate of drug-likeness (QED) is 0.282. The molecule has 2 amide bonds. The van der Waals surface area contributed by atoms with E-state index in [0.717, 1.165) is 11.1 Å². The maximum atomic E-state index is 13.3. The lowest BCUT2D eigenvalue weighted by Crippen LogP contribution is -2.50. The summed E-state index contributed by atoms with van der Waals surface area (Å²) in [7, 11) is 0. The van der Waals surface area contributed by atoms with E-state index in [2.05, 4.69) is 5.32 Å². The molecular formula is C24H29Cl2N3O4S. The summed E-state index contributed by atoms with van der Waals surface area (Å²) in [5, 5.41) is 14.5. The molecule has 0 bridgehead atoms. The van der Waals surface area contributed by atoms with Crippen LogP contribution in [0.3, 0.4) is 0 Å². The lowest BCUT2D eigenvalue weighted by Gasteiger charge is -2.31. The topological polar surface area (TPSA) is 92.6 Å². The zero-order valence-electron chi connectivity index (χ0n) is 19.4. The Morgan fingerprint density at radius 3 is 2.29 bits per heavy atom. The minimum Gasteiger partial charge on any atom is -0.354 e. The number of halogens is 2. The van der Waals surface area contributed by atoms with Crippen molar-refractivity contribution in [3.8, 4) is 0 Å². The van der Waals surface area contributed by atoms with Crippen LogP contribution in [0.5, 0.6) is 0 Å². The molecule has 1 unspecified atom stereocenters.